The quantitative estimate of drug-likeness (QED) is 0.794. The molecule has 1 saturated carbocycles. The first-order valence-electron chi connectivity index (χ1n) is 5.51. The van der Waals surface area contributed by atoms with Crippen LogP contribution in [-0.2, 0) is 0 Å². The Morgan fingerprint density at radius 2 is 2.38 bits per heavy atom. The van der Waals surface area contributed by atoms with E-state index in [0.29, 0.717) is 5.65 Å². The second-order valence-corrected chi connectivity index (χ2v) is 4.20. The van der Waals surface area contributed by atoms with Crippen molar-refractivity contribution in [2.24, 2.45) is 5.92 Å². The van der Waals surface area contributed by atoms with Crippen LogP contribution in [0.3, 0.4) is 0 Å². The van der Waals surface area contributed by atoms with Gasteiger partial charge in [-0.1, -0.05) is 6.42 Å². The van der Waals surface area contributed by atoms with E-state index in [4.69, 9.17) is 0 Å². The Labute approximate surface area is 91.7 Å². The fraction of sp³-hybridized carbons (Fsp3) is 0.500. The highest BCUT2D eigenvalue weighted by Crippen LogP contribution is 2.26. The van der Waals surface area contributed by atoms with Gasteiger partial charge in [-0.3, -0.25) is 0 Å². The molecular formula is C10H13N5O. The van der Waals surface area contributed by atoms with E-state index >= 15 is 0 Å². The van der Waals surface area contributed by atoms with Crippen LogP contribution >= 0.6 is 0 Å². The van der Waals surface area contributed by atoms with Crippen LogP contribution in [0.5, 0.6) is 0 Å². The van der Waals surface area contributed by atoms with Gasteiger partial charge < -0.3 is 5.32 Å². The number of fused-ring (bicyclic) bond motifs is 1. The van der Waals surface area contributed by atoms with Crippen LogP contribution in [-0.4, -0.2) is 26.4 Å². The molecular weight excluding hydrogens is 206 g/mol. The molecule has 84 valence electrons. The van der Waals surface area contributed by atoms with Crippen molar-refractivity contribution >= 4 is 11.5 Å². The third kappa shape index (κ3) is 1.56. The van der Waals surface area contributed by atoms with Gasteiger partial charge in [-0.05, 0) is 30.9 Å². The summed E-state index contributed by atoms with van der Waals surface area (Å²) in [6.07, 6.45) is 3.92. The monoisotopic (exact) mass is 219 g/mol. The SMILES string of the molecule is O=c1[nH]nc2ccc(NCC3CCC3)nn12. The summed E-state index contributed by atoms with van der Waals surface area (Å²) in [5.74, 6) is 1.49. The number of rotatable bonds is 3. The maximum Gasteiger partial charge on any atom is 0.364 e. The van der Waals surface area contributed by atoms with E-state index in [0.717, 1.165) is 18.3 Å². The number of anilines is 1. The number of hydrogen-bond acceptors (Lipinski definition) is 4. The number of nitrogens with zero attached hydrogens (tertiary/aromatic N) is 3. The molecule has 0 amide bonds. The average molecular weight is 219 g/mol. The fourth-order valence-corrected chi connectivity index (χ4v) is 1.84. The Balaban J connectivity index is 1.80. The van der Waals surface area contributed by atoms with E-state index in [1.165, 1.54) is 23.8 Å². The van der Waals surface area contributed by atoms with Gasteiger partial charge in [0.1, 0.15) is 5.82 Å². The van der Waals surface area contributed by atoms with Crippen LogP contribution in [0.25, 0.3) is 5.65 Å². The number of hydrogen-bond donors (Lipinski definition) is 2. The second-order valence-electron chi connectivity index (χ2n) is 4.20. The molecule has 2 aromatic heterocycles. The van der Waals surface area contributed by atoms with Crippen molar-refractivity contribution in [3.8, 4) is 0 Å². The van der Waals surface area contributed by atoms with Gasteiger partial charge in [-0.2, -0.15) is 9.61 Å². The molecule has 0 unspecified atom stereocenters. The number of nitrogens with one attached hydrogen (secondary N) is 2. The van der Waals surface area contributed by atoms with Gasteiger partial charge in [0, 0.05) is 6.54 Å². The molecule has 0 aliphatic heterocycles. The molecule has 0 saturated heterocycles. The van der Waals surface area contributed by atoms with Crippen LogP contribution < -0.4 is 11.0 Å². The molecule has 0 bridgehead atoms. The van der Waals surface area contributed by atoms with Crippen molar-refractivity contribution < 1.29 is 0 Å². The molecule has 0 radical (unpaired) electrons. The van der Waals surface area contributed by atoms with E-state index < -0.39 is 0 Å². The van der Waals surface area contributed by atoms with E-state index in [-0.39, 0.29) is 5.69 Å². The Hall–Kier alpha value is -1.85. The Kier molecular flexibility index (Phi) is 2.12. The van der Waals surface area contributed by atoms with Crippen molar-refractivity contribution in [2.75, 3.05) is 11.9 Å². The summed E-state index contributed by atoms with van der Waals surface area (Å²) in [5, 5.41) is 13.6. The summed E-state index contributed by atoms with van der Waals surface area (Å²) in [6.45, 7) is 0.936. The predicted molar refractivity (Wildman–Crippen MR) is 59.4 cm³/mol. The maximum atomic E-state index is 11.3. The van der Waals surface area contributed by atoms with E-state index in [2.05, 4.69) is 20.6 Å². The Morgan fingerprint density at radius 1 is 1.50 bits per heavy atom. The Morgan fingerprint density at radius 3 is 3.12 bits per heavy atom. The highest BCUT2D eigenvalue weighted by atomic mass is 16.2. The predicted octanol–water partition coefficient (Wildman–Crippen LogP) is 0.630. The highest BCUT2D eigenvalue weighted by Gasteiger charge is 2.16. The summed E-state index contributed by atoms with van der Waals surface area (Å²) in [4.78, 5) is 11.3. The molecule has 1 aliphatic rings. The van der Waals surface area contributed by atoms with E-state index in [1.807, 2.05) is 6.07 Å². The molecule has 2 heterocycles. The van der Waals surface area contributed by atoms with Crippen LogP contribution in [0.15, 0.2) is 16.9 Å². The minimum atomic E-state index is -0.303. The summed E-state index contributed by atoms with van der Waals surface area (Å²) in [5.41, 5.74) is 0.237. The van der Waals surface area contributed by atoms with Crippen molar-refractivity contribution in [3.05, 3.63) is 22.6 Å². The smallest absolute Gasteiger partial charge is 0.364 e. The lowest BCUT2D eigenvalue weighted by Gasteiger charge is -2.25. The third-order valence-corrected chi connectivity index (χ3v) is 3.07. The zero-order valence-electron chi connectivity index (χ0n) is 8.81. The van der Waals surface area contributed by atoms with Crippen LogP contribution in [0.4, 0.5) is 5.82 Å². The largest absolute Gasteiger partial charge is 0.368 e. The number of aromatic nitrogens is 4. The molecule has 1 aliphatic carbocycles. The summed E-state index contributed by atoms with van der Waals surface area (Å²) in [7, 11) is 0. The average Bonchev–Trinajstić information content (AvgIpc) is 2.58. The van der Waals surface area contributed by atoms with Gasteiger partial charge in [0.05, 0.1) is 0 Å². The standard InChI is InChI=1S/C10H13N5O/c16-10-13-12-9-5-4-8(14-15(9)10)11-6-7-2-1-3-7/h4-5,7H,1-3,6H2,(H,11,14)(H,13,16). The normalized spacial score (nSPS) is 16.2. The van der Waals surface area contributed by atoms with E-state index in [9.17, 15) is 4.79 Å². The first-order valence-corrected chi connectivity index (χ1v) is 5.51. The van der Waals surface area contributed by atoms with Crippen LogP contribution in [0.1, 0.15) is 19.3 Å². The van der Waals surface area contributed by atoms with Gasteiger partial charge in [-0.25, -0.2) is 9.89 Å². The fourth-order valence-electron chi connectivity index (χ4n) is 1.84. The molecule has 2 aromatic rings. The molecule has 6 heteroatoms. The molecule has 6 nitrogen and oxygen atoms in total. The highest BCUT2D eigenvalue weighted by molar-refractivity contribution is 5.42. The van der Waals surface area contributed by atoms with Crippen molar-refractivity contribution in [1.29, 1.82) is 0 Å². The maximum absolute atomic E-state index is 11.3. The van der Waals surface area contributed by atoms with Crippen molar-refractivity contribution in [1.82, 2.24) is 19.8 Å². The van der Waals surface area contributed by atoms with Gasteiger partial charge in [0.2, 0.25) is 0 Å². The second kappa shape index (κ2) is 3.62. The molecule has 2 N–H and O–H groups in total. The first-order chi connectivity index (χ1) is 7.83. The first kappa shape index (κ1) is 9.38. The minimum absolute atomic E-state index is 0.303. The van der Waals surface area contributed by atoms with Crippen molar-refractivity contribution in [2.45, 2.75) is 19.3 Å². The molecule has 0 atom stereocenters. The lowest BCUT2D eigenvalue weighted by atomic mass is 9.85. The van der Waals surface area contributed by atoms with Gasteiger partial charge in [-0.15, -0.1) is 5.10 Å². The zero-order chi connectivity index (χ0) is 11.0. The van der Waals surface area contributed by atoms with Gasteiger partial charge >= 0.3 is 5.69 Å². The summed E-state index contributed by atoms with van der Waals surface area (Å²) in [6, 6.07) is 3.61. The minimum Gasteiger partial charge on any atom is -0.368 e. The lowest BCUT2D eigenvalue weighted by molar-refractivity contribution is 0.333. The molecule has 3 rings (SSSR count). The van der Waals surface area contributed by atoms with Crippen LogP contribution in [0.2, 0.25) is 0 Å². The number of H-pyrrole nitrogens is 1. The molecule has 0 spiro atoms. The van der Waals surface area contributed by atoms with Crippen molar-refractivity contribution in [3.63, 3.8) is 0 Å². The van der Waals surface area contributed by atoms with Gasteiger partial charge in [0.15, 0.2) is 5.65 Å². The van der Waals surface area contributed by atoms with E-state index in [1.54, 1.807) is 6.07 Å². The summed E-state index contributed by atoms with van der Waals surface area (Å²) < 4.78 is 1.27. The molecule has 16 heavy (non-hydrogen) atoms. The molecule has 0 aromatic carbocycles. The lowest BCUT2D eigenvalue weighted by Crippen LogP contribution is -2.22. The van der Waals surface area contributed by atoms with Crippen LogP contribution in [0, 0.1) is 5.92 Å². The topological polar surface area (TPSA) is 75.1 Å². The Bertz CT molecular complexity index is 554. The number of aromatic amines is 1. The summed E-state index contributed by atoms with van der Waals surface area (Å²) >= 11 is 0. The van der Waals surface area contributed by atoms with Gasteiger partial charge in [0.25, 0.3) is 0 Å². The third-order valence-electron chi connectivity index (χ3n) is 3.07. The zero-order valence-corrected chi connectivity index (χ0v) is 8.81. The molecule has 1 fully saturated rings.